The number of hydrogen-bond acceptors (Lipinski definition) is 3. The Hall–Kier alpha value is -2.37. The van der Waals surface area contributed by atoms with Gasteiger partial charge in [0.2, 0.25) is 5.91 Å². The van der Waals surface area contributed by atoms with E-state index in [9.17, 15) is 9.59 Å². The smallest absolute Gasteiger partial charge is 0.254 e. The van der Waals surface area contributed by atoms with Gasteiger partial charge in [-0.15, -0.1) is 12.4 Å². The summed E-state index contributed by atoms with van der Waals surface area (Å²) >= 11 is 0. The highest BCUT2D eigenvalue weighted by atomic mass is 35.5. The van der Waals surface area contributed by atoms with Crippen molar-refractivity contribution in [2.75, 3.05) is 11.9 Å². The number of hydrogen-bond donors (Lipinski definition) is 2. The zero-order valence-electron chi connectivity index (χ0n) is 17.3. The summed E-state index contributed by atoms with van der Waals surface area (Å²) in [6, 6.07) is 12.6. The molecule has 6 heteroatoms. The first-order chi connectivity index (χ1) is 13.4. The minimum Gasteiger partial charge on any atom is -0.336 e. The molecule has 2 unspecified atom stereocenters. The predicted molar refractivity (Wildman–Crippen MR) is 120 cm³/mol. The molecule has 156 valence electrons. The van der Waals surface area contributed by atoms with Gasteiger partial charge in [-0.1, -0.05) is 29.8 Å². The molecular formula is C23H30ClN3O2. The van der Waals surface area contributed by atoms with Crippen molar-refractivity contribution in [3.05, 3.63) is 64.7 Å². The maximum absolute atomic E-state index is 12.8. The van der Waals surface area contributed by atoms with E-state index in [1.165, 1.54) is 6.42 Å². The number of anilines is 1. The van der Waals surface area contributed by atoms with Gasteiger partial charge in [0.05, 0.1) is 0 Å². The number of benzene rings is 2. The van der Waals surface area contributed by atoms with Crippen molar-refractivity contribution < 1.29 is 9.59 Å². The summed E-state index contributed by atoms with van der Waals surface area (Å²) in [6.07, 6.45) is 3.28. The van der Waals surface area contributed by atoms with Crippen LogP contribution in [0.25, 0.3) is 0 Å². The number of carbonyl (C=O) groups excluding carboxylic acids is 2. The molecule has 1 aliphatic heterocycles. The summed E-state index contributed by atoms with van der Waals surface area (Å²) in [4.78, 5) is 27.3. The van der Waals surface area contributed by atoms with Gasteiger partial charge in [-0.05, 0) is 69.4 Å². The average Bonchev–Trinajstić information content (AvgIpc) is 2.69. The minimum atomic E-state index is -0.740. The Balaban J connectivity index is 0.00000300. The number of nitrogens with zero attached hydrogens (tertiary/aromatic N) is 1. The number of nitrogens with two attached hydrogens (primary N) is 1. The van der Waals surface area contributed by atoms with Gasteiger partial charge in [0.25, 0.3) is 5.91 Å². The van der Waals surface area contributed by atoms with E-state index in [0.717, 1.165) is 36.1 Å². The van der Waals surface area contributed by atoms with E-state index in [1.54, 1.807) is 12.1 Å². The van der Waals surface area contributed by atoms with E-state index in [1.807, 2.05) is 49.1 Å². The summed E-state index contributed by atoms with van der Waals surface area (Å²) in [7, 11) is 0. The highest BCUT2D eigenvalue weighted by Gasteiger charge is 2.24. The zero-order valence-corrected chi connectivity index (χ0v) is 18.1. The van der Waals surface area contributed by atoms with Crippen molar-refractivity contribution in [1.29, 1.82) is 0 Å². The van der Waals surface area contributed by atoms with E-state index in [0.29, 0.717) is 11.3 Å². The van der Waals surface area contributed by atoms with Gasteiger partial charge in [0.1, 0.15) is 6.04 Å². The third-order valence-corrected chi connectivity index (χ3v) is 5.51. The van der Waals surface area contributed by atoms with Crippen LogP contribution in [0.15, 0.2) is 42.5 Å². The normalized spacial score (nSPS) is 17.2. The Morgan fingerprint density at radius 3 is 2.41 bits per heavy atom. The number of amides is 2. The summed E-state index contributed by atoms with van der Waals surface area (Å²) in [5, 5.41) is 2.89. The Morgan fingerprint density at radius 2 is 1.79 bits per heavy atom. The first-order valence-corrected chi connectivity index (χ1v) is 9.91. The second kappa shape index (κ2) is 9.90. The van der Waals surface area contributed by atoms with Gasteiger partial charge < -0.3 is 16.0 Å². The molecule has 5 nitrogen and oxygen atoms in total. The summed E-state index contributed by atoms with van der Waals surface area (Å²) in [5.74, 6) is -0.208. The van der Waals surface area contributed by atoms with Gasteiger partial charge in [-0.25, -0.2) is 0 Å². The molecule has 0 bridgehead atoms. The molecule has 0 aliphatic carbocycles. The first kappa shape index (κ1) is 22.9. The van der Waals surface area contributed by atoms with Gasteiger partial charge in [0, 0.05) is 23.8 Å². The molecule has 29 heavy (non-hydrogen) atoms. The second-order valence-corrected chi connectivity index (χ2v) is 7.75. The van der Waals surface area contributed by atoms with Crippen LogP contribution in [-0.4, -0.2) is 29.3 Å². The molecule has 1 fully saturated rings. The fourth-order valence-corrected chi connectivity index (χ4v) is 3.64. The van der Waals surface area contributed by atoms with Crippen LogP contribution in [-0.2, 0) is 4.79 Å². The molecule has 0 spiro atoms. The Kier molecular flexibility index (Phi) is 7.82. The fraction of sp³-hybridized carbons (Fsp3) is 0.391. The molecule has 1 saturated heterocycles. The van der Waals surface area contributed by atoms with Crippen LogP contribution in [0, 0.1) is 13.8 Å². The predicted octanol–water partition coefficient (Wildman–Crippen LogP) is 4.38. The number of rotatable bonds is 4. The van der Waals surface area contributed by atoms with E-state index >= 15 is 0 Å². The highest BCUT2D eigenvalue weighted by Crippen LogP contribution is 2.23. The van der Waals surface area contributed by atoms with Crippen molar-refractivity contribution in [2.24, 2.45) is 5.73 Å². The third kappa shape index (κ3) is 5.37. The Morgan fingerprint density at radius 1 is 1.10 bits per heavy atom. The Bertz CT molecular complexity index is 867. The van der Waals surface area contributed by atoms with Crippen LogP contribution >= 0.6 is 12.4 Å². The van der Waals surface area contributed by atoms with Crippen molar-refractivity contribution in [3.63, 3.8) is 0 Å². The fourth-order valence-electron chi connectivity index (χ4n) is 3.64. The maximum Gasteiger partial charge on any atom is 0.254 e. The van der Waals surface area contributed by atoms with Gasteiger partial charge in [-0.2, -0.15) is 0 Å². The van der Waals surface area contributed by atoms with Crippen molar-refractivity contribution in [2.45, 2.75) is 52.1 Å². The lowest BCUT2D eigenvalue weighted by molar-refractivity contribution is -0.117. The van der Waals surface area contributed by atoms with Crippen LogP contribution in [0.4, 0.5) is 5.69 Å². The number of halogens is 1. The SMILES string of the molecule is Cc1ccc(C(N)C(=O)Nc2ccc(C(=O)N3CCCCC3C)cc2C)cc1.Cl. The lowest BCUT2D eigenvalue weighted by Crippen LogP contribution is -2.42. The third-order valence-electron chi connectivity index (χ3n) is 5.51. The van der Waals surface area contributed by atoms with Crippen molar-refractivity contribution in [1.82, 2.24) is 4.90 Å². The van der Waals surface area contributed by atoms with Crippen LogP contribution in [0.3, 0.4) is 0 Å². The monoisotopic (exact) mass is 415 g/mol. The summed E-state index contributed by atoms with van der Waals surface area (Å²) in [5.41, 5.74) is 10.2. The molecule has 2 aromatic rings. The first-order valence-electron chi connectivity index (χ1n) is 9.91. The lowest BCUT2D eigenvalue weighted by Gasteiger charge is -2.33. The molecule has 1 aliphatic rings. The van der Waals surface area contributed by atoms with Gasteiger partial charge in [0.15, 0.2) is 0 Å². The molecule has 0 aromatic heterocycles. The minimum absolute atomic E-state index is 0. The number of likely N-dealkylation sites (tertiary alicyclic amines) is 1. The molecule has 2 atom stereocenters. The molecular weight excluding hydrogens is 386 g/mol. The second-order valence-electron chi connectivity index (χ2n) is 7.75. The molecule has 1 heterocycles. The van der Waals surface area contributed by atoms with E-state index in [4.69, 9.17) is 5.73 Å². The number of piperidine rings is 1. The van der Waals surface area contributed by atoms with Gasteiger partial charge in [-0.3, -0.25) is 9.59 Å². The molecule has 2 amide bonds. The quantitative estimate of drug-likeness (QED) is 0.778. The number of aryl methyl sites for hydroxylation is 2. The van der Waals surface area contributed by atoms with Crippen LogP contribution in [0.2, 0.25) is 0 Å². The Labute approximate surface area is 179 Å². The highest BCUT2D eigenvalue weighted by molar-refractivity contribution is 5.98. The largest absolute Gasteiger partial charge is 0.336 e. The molecule has 0 radical (unpaired) electrons. The molecule has 0 saturated carbocycles. The lowest BCUT2D eigenvalue weighted by atomic mass is 10.0. The molecule has 3 rings (SSSR count). The van der Waals surface area contributed by atoms with Crippen molar-refractivity contribution in [3.8, 4) is 0 Å². The zero-order chi connectivity index (χ0) is 20.3. The van der Waals surface area contributed by atoms with Crippen LogP contribution < -0.4 is 11.1 Å². The summed E-state index contributed by atoms with van der Waals surface area (Å²) < 4.78 is 0. The average molecular weight is 416 g/mol. The number of nitrogens with one attached hydrogen (secondary N) is 1. The van der Waals surface area contributed by atoms with Gasteiger partial charge >= 0.3 is 0 Å². The number of carbonyl (C=O) groups is 2. The molecule has 3 N–H and O–H groups in total. The standard InChI is InChI=1S/C23H29N3O2.ClH/c1-15-7-9-18(10-8-15)21(24)22(27)25-20-12-11-19(14-16(20)2)23(28)26-13-5-4-6-17(26)3;/h7-12,14,17,21H,4-6,13,24H2,1-3H3,(H,25,27);1H. The van der Waals surface area contributed by atoms with Crippen molar-refractivity contribution >= 4 is 29.9 Å². The topological polar surface area (TPSA) is 75.4 Å². The van der Waals surface area contributed by atoms with Crippen LogP contribution in [0.5, 0.6) is 0 Å². The van der Waals surface area contributed by atoms with E-state index in [-0.39, 0.29) is 30.3 Å². The van der Waals surface area contributed by atoms with E-state index < -0.39 is 6.04 Å². The summed E-state index contributed by atoms with van der Waals surface area (Å²) in [6.45, 7) is 6.80. The molecule has 2 aromatic carbocycles. The van der Waals surface area contributed by atoms with E-state index in [2.05, 4.69) is 12.2 Å². The maximum atomic E-state index is 12.8. The van der Waals surface area contributed by atoms with Crippen LogP contribution in [0.1, 0.15) is 59.3 Å².